The van der Waals surface area contributed by atoms with Crippen molar-refractivity contribution in [1.29, 1.82) is 0 Å². The molecule has 68 valence electrons. The minimum absolute atomic E-state index is 0.490. The van der Waals surface area contributed by atoms with Gasteiger partial charge in [0.25, 0.3) is 0 Å². The van der Waals surface area contributed by atoms with Gasteiger partial charge < -0.3 is 10.5 Å². The summed E-state index contributed by atoms with van der Waals surface area (Å²) in [6.07, 6.45) is 1.75. The molecule has 1 aromatic heterocycles. The molecule has 0 saturated carbocycles. The highest BCUT2D eigenvalue weighted by Crippen LogP contribution is 2.14. The number of methoxy groups -OCH3 is 1. The van der Waals surface area contributed by atoms with Gasteiger partial charge in [0.2, 0.25) is 0 Å². The maximum atomic E-state index is 5.54. The van der Waals surface area contributed by atoms with E-state index in [0.717, 1.165) is 16.7 Å². The van der Waals surface area contributed by atoms with Crippen LogP contribution in [0, 0.1) is 0 Å². The van der Waals surface area contributed by atoms with Crippen LogP contribution >= 0.6 is 15.9 Å². The van der Waals surface area contributed by atoms with Crippen LogP contribution in [0.15, 0.2) is 10.7 Å². The van der Waals surface area contributed by atoms with Crippen molar-refractivity contribution in [2.45, 2.75) is 13.1 Å². The molecule has 0 spiro atoms. The monoisotopic (exact) mass is 233 g/mol. The minimum Gasteiger partial charge on any atom is -0.383 e. The summed E-state index contributed by atoms with van der Waals surface area (Å²) in [6, 6.07) is 0. The molecule has 1 heterocycles. The molecule has 0 aliphatic rings. The molecule has 0 amide bonds. The molecule has 0 aliphatic carbocycles. The fraction of sp³-hybridized carbons (Fsp3) is 0.571. The Bertz CT molecular complexity index is 249. The summed E-state index contributed by atoms with van der Waals surface area (Å²) in [5.74, 6) is 0. The summed E-state index contributed by atoms with van der Waals surface area (Å²) >= 11 is 3.37. The largest absolute Gasteiger partial charge is 0.383 e. The number of halogens is 1. The van der Waals surface area contributed by atoms with Crippen LogP contribution in [0.5, 0.6) is 0 Å². The number of ether oxygens (including phenoxy) is 1. The van der Waals surface area contributed by atoms with Crippen molar-refractivity contribution >= 4 is 15.9 Å². The number of hydrogen-bond acceptors (Lipinski definition) is 3. The van der Waals surface area contributed by atoms with Crippen molar-refractivity contribution in [2.75, 3.05) is 13.7 Å². The Hall–Kier alpha value is -0.390. The van der Waals surface area contributed by atoms with E-state index in [0.29, 0.717) is 13.2 Å². The molecule has 0 fully saturated rings. The van der Waals surface area contributed by atoms with Crippen LogP contribution < -0.4 is 5.73 Å². The van der Waals surface area contributed by atoms with E-state index < -0.39 is 0 Å². The molecule has 0 atom stereocenters. The zero-order valence-electron chi connectivity index (χ0n) is 6.96. The predicted molar refractivity (Wildman–Crippen MR) is 49.7 cm³/mol. The van der Waals surface area contributed by atoms with E-state index in [1.807, 2.05) is 4.68 Å². The SMILES string of the molecule is COCCn1ncc(Br)c1CN. The number of aromatic nitrogens is 2. The molecule has 1 aromatic rings. The lowest BCUT2D eigenvalue weighted by molar-refractivity contribution is 0.182. The van der Waals surface area contributed by atoms with E-state index in [2.05, 4.69) is 21.0 Å². The number of nitrogens with two attached hydrogens (primary N) is 1. The minimum atomic E-state index is 0.490. The second-order valence-electron chi connectivity index (χ2n) is 2.36. The Morgan fingerprint density at radius 1 is 1.75 bits per heavy atom. The Morgan fingerprint density at radius 3 is 3.08 bits per heavy atom. The standard InChI is InChI=1S/C7H12BrN3O/c1-12-3-2-11-7(4-9)6(8)5-10-11/h5H,2-4,9H2,1H3. The molecule has 5 heteroatoms. The second kappa shape index (κ2) is 4.59. The van der Waals surface area contributed by atoms with Gasteiger partial charge in [-0.1, -0.05) is 0 Å². The lowest BCUT2D eigenvalue weighted by Gasteiger charge is -2.04. The number of nitrogens with zero attached hydrogens (tertiary/aromatic N) is 2. The fourth-order valence-electron chi connectivity index (χ4n) is 0.961. The van der Waals surface area contributed by atoms with Crippen LogP contribution in [0.4, 0.5) is 0 Å². The molecule has 1 rings (SSSR count). The van der Waals surface area contributed by atoms with Gasteiger partial charge in [0.05, 0.1) is 29.5 Å². The van der Waals surface area contributed by atoms with Crippen molar-refractivity contribution in [3.63, 3.8) is 0 Å². The van der Waals surface area contributed by atoms with Crippen molar-refractivity contribution in [3.05, 3.63) is 16.4 Å². The summed E-state index contributed by atoms with van der Waals surface area (Å²) in [5, 5.41) is 4.13. The Balaban J connectivity index is 2.70. The van der Waals surface area contributed by atoms with E-state index in [9.17, 15) is 0 Å². The zero-order chi connectivity index (χ0) is 8.97. The zero-order valence-corrected chi connectivity index (χ0v) is 8.54. The van der Waals surface area contributed by atoms with Crippen molar-refractivity contribution in [3.8, 4) is 0 Å². The molecule has 0 saturated heterocycles. The summed E-state index contributed by atoms with van der Waals surface area (Å²) in [7, 11) is 1.67. The highest BCUT2D eigenvalue weighted by atomic mass is 79.9. The average molecular weight is 234 g/mol. The summed E-state index contributed by atoms with van der Waals surface area (Å²) in [5.41, 5.74) is 6.54. The fourth-order valence-corrected chi connectivity index (χ4v) is 1.42. The van der Waals surface area contributed by atoms with E-state index in [1.54, 1.807) is 13.3 Å². The van der Waals surface area contributed by atoms with Gasteiger partial charge in [-0.05, 0) is 15.9 Å². The van der Waals surface area contributed by atoms with Crippen LogP contribution in [0.2, 0.25) is 0 Å². The molecule has 4 nitrogen and oxygen atoms in total. The van der Waals surface area contributed by atoms with Gasteiger partial charge in [0.15, 0.2) is 0 Å². The van der Waals surface area contributed by atoms with Crippen LogP contribution in [0.25, 0.3) is 0 Å². The number of rotatable bonds is 4. The molecule has 12 heavy (non-hydrogen) atoms. The lowest BCUT2D eigenvalue weighted by Crippen LogP contribution is -2.12. The number of hydrogen-bond donors (Lipinski definition) is 1. The Labute approximate surface area is 79.8 Å². The second-order valence-corrected chi connectivity index (χ2v) is 3.21. The van der Waals surface area contributed by atoms with Gasteiger partial charge in [-0.2, -0.15) is 5.10 Å². The first-order valence-electron chi connectivity index (χ1n) is 3.68. The van der Waals surface area contributed by atoms with Gasteiger partial charge in [0.1, 0.15) is 0 Å². The molecule has 0 radical (unpaired) electrons. The van der Waals surface area contributed by atoms with Crippen molar-refractivity contribution in [2.24, 2.45) is 5.73 Å². The van der Waals surface area contributed by atoms with Crippen LogP contribution in [-0.2, 0) is 17.8 Å². The van der Waals surface area contributed by atoms with Gasteiger partial charge in [-0.15, -0.1) is 0 Å². The Kier molecular flexibility index (Phi) is 3.71. The molecule has 0 bridgehead atoms. The highest BCUT2D eigenvalue weighted by Gasteiger charge is 2.05. The molecule has 0 aliphatic heterocycles. The lowest BCUT2D eigenvalue weighted by atomic mass is 10.4. The Morgan fingerprint density at radius 2 is 2.50 bits per heavy atom. The van der Waals surface area contributed by atoms with Gasteiger partial charge >= 0.3 is 0 Å². The van der Waals surface area contributed by atoms with Crippen LogP contribution in [0.3, 0.4) is 0 Å². The van der Waals surface area contributed by atoms with Gasteiger partial charge in [-0.3, -0.25) is 4.68 Å². The van der Waals surface area contributed by atoms with Gasteiger partial charge in [-0.25, -0.2) is 0 Å². The van der Waals surface area contributed by atoms with Crippen LogP contribution in [0.1, 0.15) is 5.69 Å². The topological polar surface area (TPSA) is 53.1 Å². The highest BCUT2D eigenvalue weighted by molar-refractivity contribution is 9.10. The van der Waals surface area contributed by atoms with E-state index in [-0.39, 0.29) is 0 Å². The van der Waals surface area contributed by atoms with E-state index >= 15 is 0 Å². The first kappa shape index (κ1) is 9.70. The normalized spacial score (nSPS) is 10.6. The van der Waals surface area contributed by atoms with E-state index in [4.69, 9.17) is 10.5 Å². The van der Waals surface area contributed by atoms with Crippen molar-refractivity contribution in [1.82, 2.24) is 9.78 Å². The summed E-state index contributed by atoms with van der Waals surface area (Å²) < 4.78 is 7.74. The van der Waals surface area contributed by atoms with Gasteiger partial charge in [0, 0.05) is 13.7 Å². The average Bonchev–Trinajstić information content (AvgIpc) is 2.43. The third kappa shape index (κ3) is 2.06. The smallest absolute Gasteiger partial charge is 0.0662 e. The maximum Gasteiger partial charge on any atom is 0.0662 e. The van der Waals surface area contributed by atoms with Crippen LogP contribution in [-0.4, -0.2) is 23.5 Å². The first-order valence-corrected chi connectivity index (χ1v) is 4.48. The third-order valence-electron chi connectivity index (χ3n) is 1.60. The molecule has 0 aromatic carbocycles. The van der Waals surface area contributed by atoms with E-state index in [1.165, 1.54) is 0 Å². The maximum absolute atomic E-state index is 5.54. The summed E-state index contributed by atoms with van der Waals surface area (Å²) in [4.78, 5) is 0. The predicted octanol–water partition coefficient (Wildman–Crippen LogP) is 0.751. The molecule has 2 N–H and O–H groups in total. The molecular formula is C7H12BrN3O. The first-order chi connectivity index (χ1) is 5.79. The summed E-state index contributed by atoms with van der Waals surface area (Å²) in [6.45, 7) is 1.89. The quantitative estimate of drug-likeness (QED) is 0.836. The molecule has 0 unspecified atom stereocenters. The molecular weight excluding hydrogens is 222 g/mol. The third-order valence-corrected chi connectivity index (χ3v) is 2.26. The van der Waals surface area contributed by atoms with Crippen molar-refractivity contribution < 1.29 is 4.74 Å².